The minimum Gasteiger partial charge on any atom is -0.382 e. The van der Waals surface area contributed by atoms with Gasteiger partial charge in [-0.25, -0.2) is 0 Å². The Hall–Kier alpha value is -1.19. The second kappa shape index (κ2) is 4.59. The molecule has 4 heteroatoms. The van der Waals surface area contributed by atoms with Crippen molar-refractivity contribution in [3.05, 3.63) is 29.8 Å². The first-order valence-corrected chi connectivity index (χ1v) is 5.94. The molecule has 94 valence electrons. The molecule has 1 aliphatic carbocycles. The van der Waals surface area contributed by atoms with Crippen molar-refractivity contribution in [1.82, 2.24) is 0 Å². The zero-order chi connectivity index (χ0) is 12.5. The SMILES string of the molecule is CCC(Nc1ccc(C(F)(F)F)cc1)C1CC1. The highest BCUT2D eigenvalue weighted by Gasteiger charge is 2.31. The lowest BCUT2D eigenvalue weighted by atomic mass is 10.1. The first kappa shape index (κ1) is 12.3. The number of anilines is 1. The maximum absolute atomic E-state index is 12.4. The summed E-state index contributed by atoms with van der Waals surface area (Å²) in [6, 6.07) is 5.66. The van der Waals surface area contributed by atoms with Gasteiger partial charge in [0, 0.05) is 11.7 Å². The first-order chi connectivity index (χ1) is 8.00. The van der Waals surface area contributed by atoms with Gasteiger partial charge in [-0.15, -0.1) is 0 Å². The molecular weight excluding hydrogens is 227 g/mol. The van der Waals surface area contributed by atoms with Gasteiger partial charge in [0.15, 0.2) is 0 Å². The van der Waals surface area contributed by atoms with Crippen LogP contribution in [0.3, 0.4) is 0 Å². The monoisotopic (exact) mass is 243 g/mol. The molecule has 0 spiro atoms. The molecule has 1 fully saturated rings. The van der Waals surface area contributed by atoms with Gasteiger partial charge in [0.25, 0.3) is 0 Å². The highest BCUT2D eigenvalue weighted by Crippen LogP contribution is 2.36. The normalized spacial score (nSPS) is 17.9. The third kappa shape index (κ3) is 3.14. The van der Waals surface area contributed by atoms with Crippen molar-refractivity contribution in [2.24, 2.45) is 5.92 Å². The topological polar surface area (TPSA) is 12.0 Å². The van der Waals surface area contributed by atoms with Gasteiger partial charge >= 0.3 is 6.18 Å². The molecule has 1 nitrogen and oxygen atoms in total. The van der Waals surface area contributed by atoms with Crippen molar-refractivity contribution >= 4 is 5.69 Å². The van der Waals surface area contributed by atoms with Crippen LogP contribution in [-0.2, 0) is 6.18 Å². The van der Waals surface area contributed by atoms with E-state index >= 15 is 0 Å². The number of halogens is 3. The average molecular weight is 243 g/mol. The summed E-state index contributed by atoms with van der Waals surface area (Å²) in [6.07, 6.45) is -0.789. The summed E-state index contributed by atoms with van der Waals surface area (Å²) >= 11 is 0. The molecule has 0 radical (unpaired) electrons. The van der Waals surface area contributed by atoms with Crippen LogP contribution >= 0.6 is 0 Å². The largest absolute Gasteiger partial charge is 0.416 e. The van der Waals surface area contributed by atoms with E-state index in [9.17, 15) is 13.2 Å². The summed E-state index contributed by atoms with van der Waals surface area (Å²) in [5, 5.41) is 3.30. The summed E-state index contributed by atoms with van der Waals surface area (Å²) < 4.78 is 37.1. The van der Waals surface area contributed by atoms with Gasteiger partial charge in [-0.2, -0.15) is 13.2 Å². The lowest BCUT2D eigenvalue weighted by Crippen LogP contribution is -2.20. The molecule has 1 aromatic rings. The molecule has 0 saturated heterocycles. The maximum atomic E-state index is 12.4. The van der Waals surface area contributed by atoms with Gasteiger partial charge in [0.2, 0.25) is 0 Å². The van der Waals surface area contributed by atoms with Crippen molar-refractivity contribution in [3.63, 3.8) is 0 Å². The Morgan fingerprint density at radius 3 is 2.24 bits per heavy atom. The molecular formula is C13H16F3N. The van der Waals surface area contributed by atoms with E-state index in [0.29, 0.717) is 12.0 Å². The Bertz CT molecular complexity index is 365. The zero-order valence-electron chi connectivity index (χ0n) is 9.72. The highest BCUT2D eigenvalue weighted by atomic mass is 19.4. The third-order valence-corrected chi connectivity index (χ3v) is 3.20. The Kier molecular flexibility index (Phi) is 3.31. The second-order valence-electron chi connectivity index (χ2n) is 4.57. The molecule has 0 heterocycles. The smallest absolute Gasteiger partial charge is 0.382 e. The number of rotatable bonds is 4. The fraction of sp³-hybridized carbons (Fsp3) is 0.538. The summed E-state index contributed by atoms with van der Waals surface area (Å²) in [5.74, 6) is 0.697. The molecule has 1 aromatic carbocycles. The highest BCUT2D eigenvalue weighted by molar-refractivity contribution is 5.46. The quantitative estimate of drug-likeness (QED) is 0.831. The first-order valence-electron chi connectivity index (χ1n) is 5.94. The van der Waals surface area contributed by atoms with Crippen LogP contribution < -0.4 is 5.32 Å². The molecule has 0 bridgehead atoms. The Balaban J connectivity index is 2.02. The van der Waals surface area contributed by atoms with Crippen LogP contribution in [0.4, 0.5) is 18.9 Å². The maximum Gasteiger partial charge on any atom is 0.416 e. The molecule has 2 rings (SSSR count). The molecule has 0 amide bonds. The van der Waals surface area contributed by atoms with E-state index < -0.39 is 11.7 Å². The molecule has 1 aliphatic rings. The number of hydrogen-bond acceptors (Lipinski definition) is 1. The van der Waals surface area contributed by atoms with E-state index in [4.69, 9.17) is 0 Å². The van der Waals surface area contributed by atoms with E-state index in [1.54, 1.807) is 0 Å². The minimum atomic E-state index is -4.25. The lowest BCUT2D eigenvalue weighted by Gasteiger charge is -2.18. The number of alkyl halides is 3. The molecule has 1 N–H and O–H groups in total. The molecule has 0 aliphatic heterocycles. The Morgan fingerprint density at radius 2 is 1.82 bits per heavy atom. The van der Waals surface area contributed by atoms with Crippen molar-refractivity contribution in [2.45, 2.75) is 38.4 Å². The van der Waals surface area contributed by atoms with Crippen molar-refractivity contribution in [2.75, 3.05) is 5.32 Å². The van der Waals surface area contributed by atoms with Gasteiger partial charge in [-0.1, -0.05) is 6.92 Å². The van der Waals surface area contributed by atoms with Crippen molar-refractivity contribution in [1.29, 1.82) is 0 Å². The van der Waals surface area contributed by atoms with Crippen molar-refractivity contribution in [3.8, 4) is 0 Å². The number of benzene rings is 1. The van der Waals surface area contributed by atoms with Crippen LogP contribution in [0.15, 0.2) is 24.3 Å². The minimum absolute atomic E-state index is 0.395. The predicted octanol–water partition coefficient (Wildman–Crippen LogP) is 4.31. The number of nitrogens with one attached hydrogen (secondary N) is 1. The van der Waals surface area contributed by atoms with Crippen LogP contribution in [0.2, 0.25) is 0 Å². The molecule has 17 heavy (non-hydrogen) atoms. The fourth-order valence-electron chi connectivity index (χ4n) is 2.02. The van der Waals surface area contributed by atoms with Crippen LogP contribution in [0.1, 0.15) is 31.7 Å². The summed E-state index contributed by atoms with van der Waals surface area (Å²) in [5.41, 5.74) is 0.180. The van der Waals surface area contributed by atoms with Gasteiger partial charge in [0.1, 0.15) is 0 Å². The predicted molar refractivity (Wildman–Crippen MR) is 61.9 cm³/mol. The van der Waals surface area contributed by atoms with E-state index in [1.807, 2.05) is 0 Å². The molecule has 1 saturated carbocycles. The fourth-order valence-corrected chi connectivity index (χ4v) is 2.02. The molecule has 1 atom stereocenters. The van der Waals surface area contributed by atoms with Gasteiger partial charge in [-0.3, -0.25) is 0 Å². The number of hydrogen-bond donors (Lipinski definition) is 1. The lowest BCUT2D eigenvalue weighted by molar-refractivity contribution is -0.137. The van der Waals surface area contributed by atoms with E-state index in [2.05, 4.69) is 12.2 Å². The van der Waals surface area contributed by atoms with Gasteiger partial charge < -0.3 is 5.32 Å². The van der Waals surface area contributed by atoms with Crippen molar-refractivity contribution < 1.29 is 13.2 Å². The zero-order valence-corrected chi connectivity index (χ0v) is 9.72. The second-order valence-corrected chi connectivity index (χ2v) is 4.57. The Labute approximate surface area is 99.0 Å². The van der Waals surface area contributed by atoms with Gasteiger partial charge in [-0.05, 0) is 49.4 Å². The van der Waals surface area contributed by atoms with E-state index in [-0.39, 0.29) is 0 Å². The third-order valence-electron chi connectivity index (χ3n) is 3.20. The standard InChI is InChI=1S/C13H16F3N/c1-2-12(9-3-4-9)17-11-7-5-10(6-8-11)13(14,15)16/h5-9,12,17H,2-4H2,1H3. The van der Waals surface area contributed by atoms with E-state index in [1.165, 1.54) is 25.0 Å². The molecule has 1 unspecified atom stereocenters. The van der Waals surface area contributed by atoms with Crippen LogP contribution in [0.25, 0.3) is 0 Å². The summed E-state index contributed by atoms with van der Waals surface area (Å²) in [7, 11) is 0. The van der Waals surface area contributed by atoms with Crippen LogP contribution in [-0.4, -0.2) is 6.04 Å². The van der Waals surface area contributed by atoms with Gasteiger partial charge in [0.05, 0.1) is 5.56 Å². The summed E-state index contributed by atoms with van der Waals surface area (Å²) in [6.45, 7) is 2.10. The Morgan fingerprint density at radius 1 is 1.24 bits per heavy atom. The van der Waals surface area contributed by atoms with Crippen LogP contribution in [0.5, 0.6) is 0 Å². The summed E-state index contributed by atoms with van der Waals surface area (Å²) in [4.78, 5) is 0. The average Bonchev–Trinajstić information content (AvgIpc) is 3.09. The molecule has 0 aromatic heterocycles. The van der Waals surface area contributed by atoms with Crippen LogP contribution in [0, 0.1) is 5.92 Å². The van der Waals surface area contributed by atoms with E-state index in [0.717, 1.165) is 24.2 Å².